The Kier molecular flexibility index (Phi) is 4.87. The van der Waals surface area contributed by atoms with Crippen LogP contribution in [0.25, 0.3) is 27.7 Å². The van der Waals surface area contributed by atoms with Gasteiger partial charge in [0.25, 0.3) is 0 Å². The normalized spacial score (nSPS) is 11.4. The summed E-state index contributed by atoms with van der Waals surface area (Å²) >= 11 is 0. The van der Waals surface area contributed by atoms with Crippen LogP contribution in [0.15, 0.2) is 85.6 Å². The van der Waals surface area contributed by atoms with E-state index in [-0.39, 0.29) is 11.5 Å². The highest BCUT2D eigenvalue weighted by atomic mass is 19.4. The highest BCUT2D eigenvalue weighted by molar-refractivity contribution is 5.98. The molecule has 0 aliphatic rings. The number of nitrogens with one attached hydrogen (secondary N) is 1. The zero-order chi connectivity index (χ0) is 21.3. The van der Waals surface area contributed by atoms with Gasteiger partial charge in [-0.25, -0.2) is 4.68 Å². The van der Waals surface area contributed by atoms with Crippen LogP contribution in [0.1, 0.15) is 5.56 Å². The summed E-state index contributed by atoms with van der Waals surface area (Å²) in [6.07, 6.45) is -1.46. The summed E-state index contributed by atoms with van der Waals surface area (Å²) in [5.41, 5.74) is 1.83. The van der Waals surface area contributed by atoms with Crippen molar-refractivity contribution in [3.63, 3.8) is 0 Å². The fourth-order valence-electron chi connectivity index (χ4n) is 3.19. The first-order chi connectivity index (χ1) is 14.3. The summed E-state index contributed by atoms with van der Waals surface area (Å²) in [5, 5.41) is 7.96. The van der Waals surface area contributed by atoms with Gasteiger partial charge in [-0.2, -0.15) is 18.3 Å². The molecule has 0 bridgehead atoms. The second-order valence-electron chi connectivity index (χ2n) is 6.63. The number of benzene rings is 3. The Morgan fingerprint density at radius 1 is 1.03 bits per heavy atom. The number of hydrogen-bond acceptors (Lipinski definition) is 2. The van der Waals surface area contributed by atoms with Gasteiger partial charge in [-0.1, -0.05) is 36.9 Å². The molecule has 150 valence electrons. The third-order valence-corrected chi connectivity index (χ3v) is 4.64. The van der Waals surface area contributed by atoms with Crippen molar-refractivity contribution in [2.45, 2.75) is 6.18 Å². The number of carbonyl (C=O) groups excluding carboxylic acids is 1. The molecule has 0 spiro atoms. The summed E-state index contributed by atoms with van der Waals surface area (Å²) in [4.78, 5) is 11.4. The molecule has 0 saturated carbocycles. The highest BCUT2D eigenvalue weighted by Gasteiger charge is 2.33. The first-order valence-corrected chi connectivity index (χ1v) is 9.05. The number of carbonyl (C=O) groups is 1. The number of fused-ring (bicyclic) bond motifs is 1. The van der Waals surface area contributed by atoms with Crippen molar-refractivity contribution in [2.75, 3.05) is 5.32 Å². The molecule has 0 fully saturated rings. The Morgan fingerprint density at radius 3 is 2.47 bits per heavy atom. The van der Waals surface area contributed by atoms with Gasteiger partial charge in [0, 0.05) is 17.3 Å². The van der Waals surface area contributed by atoms with Crippen LogP contribution in [-0.2, 0) is 11.0 Å². The molecule has 4 rings (SSSR count). The van der Waals surface area contributed by atoms with Gasteiger partial charge in [0.05, 0.1) is 16.8 Å². The SMILES string of the molecule is C=CC(=O)Nc1ccc(-n2cc3ccc(-c4ccccc4C(F)(F)F)cc3n2)cc1. The number of amides is 1. The molecule has 4 nitrogen and oxygen atoms in total. The van der Waals surface area contributed by atoms with E-state index in [0.717, 1.165) is 17.1 Å². The van der Waals surface area contributed by atoms with Gasteiger partial charge in [-0.05, 0) is 53.6 Å². The molecule has 0 atom stereocenters. The van der Waals surface area contributed by atoms with E-state index >= 15 is 0 Å². The van der Waals surface area contributed by atoms with Gasteiger partial charge >= 0.3 is 6.18 Å². The number of nitrogens with zero attached hydrogens (tertiary/aromatic N) is 2. The summed E-state index contributed by atoms with van der Waals surface area (Å²) in [6, 6.07) is 17.6. The van der Waals surface area contributed by atoms with Crippen LogP contribution < -0.4 is 5.32 Å². The van der Waals surface area contributed by atoms with E-state index in [9.17, 15) is 18.0 Å². The van der Waals surface area contributed by atoms with Gasteiger partial charge in [-0.3, -0.25) is 4.79 Å². The maximum absolute atomic E-state index is 13.4. The average molecular weight is 407 g/mol. The minimum atomic E-state index is -4.44. The number of halogens is 3. The molecular weight excluding hydrogens is 391 g/mol. The Morgan fingerprint density at radius 2 is 1.77 bits per heavy atom. The van der Waals surface area contributed by atoms with Crippen LogP contribution in [0.4, 0.5) is 18.9 Å². The number of alkyl halides is 3. The van der Waals surface area contributed by atoms with Crippen LogP contribution in [0, 0.1) is 0 Å². The maximum Gasteiger partial charge on any atom is 0.417 e. The van der Waals surface area contributed by atoms with Crippen molar-refractivity contribution in [1.82, 2.24) is 9.78 Å². The summed E-state index contributed by atoms with van der Waals surface area (Å²) < 4.78 is 41.7. The molecule has 30 heavy (non-hydrogen) atoms. The summed E-state index contributed by atoms with van der Waals surface area (Å²) in [5.74, 6) is -0.306. The summed E-state index contributed by atoms with van der Waals surface area (Å²) in [7, 11) is 0. The first-order valence-electron chi connectivity index (χ1n) is 9.05. The van der Waals surface area contributed by atoms with Gasteiger partial charge in [-0.15, -0.1) is 0 Å². The average Bonchev–Trinajstić information content (AvgIpc) is 3.17. The van der Waals surface area contributed by atoms with Gasteiger partial charge in [0.1, 0.15) is 0 Å². The van der Waals surface area contributed by atoms with Crippen LogP contribution in [0.2, 0.25) is 0 Å². The van der Waals surface area contributed by atoms with E-state index in [4.69, 9.17) is 0 Å². The van der Waals surface area contributed by atoms with E-state index in [1.54, 1.807) is 59.4 Å². The Hall–Kier alpha value is -3.87. The highest BCUT2D eigenvalue weighted by Crippen LogP contribution is 2.37. The third-order valence-electron chi connectivity index (χ3n) is 4.64. The number of anilines is 1. The van der Waals surface area contributed by atoms with E-state index < -0.39 is 11.7 Å². The molecule has 0 saturated heterocycles. The second-order valence-corrected chi connectivity index (χ2v) is 6.63. The largest absolute Gasteiger partial charge is 0.417 e. The molecule has 0 aliphatic heterocycles. The fraction of sp³-hybridized carbons (Fsp3) is 0.0435. The predicted octanol–water partition coefficient (Wildman–Crippen LogP) is 5.84. The third kappa shape index (κ3) is 3.82. The van der Waals surface area contributed by atoms with Crippen molar-refractivity contribution >= 4 is 22.5 Å². The van der Waals surface area contributed by atoms with Crippen molar-refractivity contribution in [1.29, 1.82) is 0 Å². The van der Waals surface area contributed by atoms with Crippen molar-refractivity contribution in [3.8, 4) is 16.8 Å². The number of aromatic nitrogens is 2. The molecule has 1 amide bonds. The molecule has 0 unspecified atom stereocenters. The molecule has 3 aromatic carbocycles. The molecule has 1 aromatic heterocycles. The molecule has 0 radical (unpaired) electrons. The molecular formula is C23H16F3N3O. The van der Waals surface area contributed by atoms with Crippen LogP contribution >= 0.6 is 0 Å². The van der Waals surface area contributed by atoms with E-state index in [2.05, 4.69) is 17.0 Å². The fourth-order valence-corrected chi connectivity index (χ4v) is 3.19. The second kappa shape index (κ2) is 7.51. The van der Waals surface area contributed by atoms with Gasteiger partial charge in [0.15, 0.2) is 0 Å². The zero-order valence-corrected chi connectivity index (χ0v) is 15.6. The topological polar surface area (TPSA) is 46.9 Å². The van der Waals surface area contributed by atoms with Crippen LogP contribution in [-0.4, -0.2) is 15.7 Å². The lowest BCUT2D eigenvalue weighted by atomic mass is 9.98. The van der Waals surface area contributed by atoms with Crippen LogP contribution in [0.5, 0.6) is 0 Å². The Bertz CT molecular complexity index is 1240. The van der Waals surface area contributed by atoms with Crippen molar-refractivity contribution in [3.05, 3.63) is 91.1 Å². The predicted molar refractivity (Wildman–Crippen MR) is 110 cm³/mol. The van der Waals surface area contributed by atoms with E-state index in [0.29, 0.717) is 16.8 Å². The Balaban J connectivity index is 1.69. The maximum atomic E-state index is 13.4. The van der Waals surface area contributed by atoms with E-state index in [1.807, 2.05) is 0 Å². The minimum absolute atomic E-state index is 0.115. The monoisotopic (exact) mass is 407 g/mol. The summed E-state index contributed by atoms with van der Waals surface area (Å²) in [6.45, 7) is 3.41. The van der Waals surface area contributed by atoms with E-state index in [1.165, 1.54) is 18.2 Å². The smallest absolute Gasteiger partial charge is 0.323 e. The standard InChI is InChI=1S/C23H16F3N3O/c1-2-22(30)27-17-9-11-18(12-10-17)29-14-16-8-7-15(13-21(16)28-29)19-5-3-4-6-20(19)23(24,25)26/h2-14H,1H2,(H,27,30). The number of hydrogen-bond donors (Lipinski definition) is 1. The minimum Gasteiger partial charge on any atom is -0.323 e. The quantitative estimate of drug-likeness (QED) is 0.432. The van der Waals surface area contributed by atoms with Crippen molar-refractivity contribution in [2.24, 2.45) is 0 Å². The molecule has 7 heteroatoms. The van der Waals surface area contributed by atoms with Crippen molar-refractivity contribution < 1.29 is 18.0 Å². The molecule has 1 N–H and O–H groups in total. The van der Waals surface area contributed by atoms with Crippen LogP contribution in [0.3, 0.4) is 0 Å². The Labute approximate surface area is 170 Å². The lowest BCUT2D eigenvalue weighted by molar-refractivity contribution is -0.137. The van der Waals surface area contributed by atoms with Gasteiger partial charge in [0.2, 0.25) is 5.91 Å². The number of rotatable bonds is 4. The van der Waals surface area contributed by atoms with Gasteiger partial charge < -0.3 is 5.32 Å². The zero-order valence-electron chi connectivity index (χ0n) is 15.6. The lowest BCUT2D eigenvalue weighted by Gasteiger charge is -2.12. The molecule has 4 aromatic rings. The molecule has 0 aliphatic carbocycles. The first kappa shape index (κ1) is 19.4. The lowest BCUT2D eigenvalue weighted by Crippen LogP contribution is -2.07. The molecule has 1 heterocycles.